The lowest BCUT2D eigenvalue weighted by atomic mass is 10.1. The number of aliphatic hydroxyl groups excluding tert-OH is 1. The van der Waals surface area contributed by atoms with Crippen molar-refractivity contribution in [3.05, 3.63) is 35.4 Å². The van der Waals surface area contributed by atoms with Crippen molar-refractivity contribution in [1.82, 2.24) is 0 Å². The maximum atomic E-state index is 12.2. The van der Waals surface area contributed by atoms with Gasteiger partial charge in [-0.25, -0.2) is 0 Å². The van der Waals surface area contributed by atoms with Crippen LogP contribution < -0.4 is 0 Å². The quantitative estimate of drug-likeness (QED) is 0.802. The van der Waals surface area contributed by atoms with Crippen molar-refractivity contribution in [2.45, 2.75) is 19.0 Å². The summed E-state index contributed by atoms with van der Waals surface area (Å²) in [4.78, 5) is 0. The zero-order chi connectivity index (χ0) is 10.6. The minimum atomic E-state index is -4.28. The van der Waals surface area contributed by atoms with E-state index in [0.29, 0.717) is 18.4 Å². The maximum Gasteiger partial charge on any atom is 0.416 e. The smallest absolute Gasteiger partial charge is 0.396 e. The van der Waals surface area contributed by atoms with E-state index in [2.05, 4.69) is 0 Å². The monoisotopic (exact) mass is 204 g/mol. The van der Waals surface area contributed by atoms with E-state index in [9.17, 15) is 13.2 Å². The zero-order valence-electron chi connectivity index (χ0n) is 7.51. The molecule has 1 rings (SSSR count). The summed E-state index contributed by atoms with van der Waals surface area (Å²) in [6.07, 6.45) is -3.32. The van der Waals surface area contributed by atoms with Gasteiger partial charge in [-0.2, -0.15) is 13.2 Å². The van der Waals surface area contributed by atoms with Gasteiger partial charge in [-0.1, -0.05) is 18.2 Å². The van der Waals surface area contributed by atoms with Crippen molar-refractivity contribution in [3.8, 4) is 0 Å². The second-order valence-corrected chi connectivity index (χ2v) is 3.03. The van der Waals surface area contributed by atoms with Gasteiger partial charge < -0.3 is 5.11 Å². The molecular formula is C10H11F3O. The number of aliphatic hydroxyl groups is 1. The van der Waals surface area contributed by atoms with Crippen LogP contribution in [0.4, 0.5) is 13.2 Å². The lowest BCUT2D eigenvalue weighted by molar-refractivity contribution is -0.137. The molecule has 1 aromatic rings. The first-order chi connectivity index (χ1) is 6.54. The van der Waals surface area contributed by atoms with Crippen molar-refractivity contribution in [3.63, 3.8) is 0 Å². The van der Waals surface area contributed by atoms with E-state index in [0.717, 1.165) is 12.1 Å². The molecule has 0 saturated carbocycles. The van der Waals surface area contributed by atoms with Gasteiger partial charge in [0, 0.05) is 6.61 Å². The van der Waals surface area contributed by atoms with Crippen LogP contribution in [0.5, 0.6) is 0 Å². The highest BCUT2D eigenvalue weighted by atomic mass is 19.4. The van der Waals surface area contributed by atoms with Crippen LogP contribution in [0.1, 0.15) is 17.5 Å². The van der Waals surface area contributed by atoms with Crippen LogP contribution in [0.25, 0.3) is 0 Å². The average molecular weight is 204 g/mol. The molecule has 0 radical (unpaired) electrons. The minimum Gasteiger partial charge on any atom is -0.396 e. The molecule has 0 fully saturated rings. The molecule has 0 unspecified atom stereocenters. The summed E-state index contributed by atoms with van der Waals surface area (Å²) >= 11 is 0. The molecule has 1 aromatic carbocycles. The second-order valence-electron chi connectivity index (χ2n) is 3.03. The molecule has 0 heterocycles. The number of hydrogen-bond acceptors (Lipinski definition) is 1. The summed E-state index contributed by atoms with van der Waals surface area (Å²) in [7, 11) is 0. The Morgan fingerprint density at radius 3 is 2.50 bits per heavy atom. The maximum absolute atomic E-state index is 12.2. The van der Waals surface area contributed by atoms with Gasteiger partial charge in [-0.15, -0.1) is 0 Å². The topological polar surface area (TPSA) is 20.2 Å². The summed E-state index contributed by atoms with van der Waals surface area (Å²) in [5.41, 5.74) is -0.0261. The molecule has 4 heteroatoms. The number of aryl methyl sites for hydroxylation is 1. The van der Waals surface area contributed by atoms with Gasteiger partial charge >= 0.3 is 6.18 Å². The van der Waals surface area contributed by atoms with E-state index in [-0.39, 0.29) is 6.61 Å². The molecular weight excluding hydrogens is 193 g/mol. The Labute approximate surface area is 80.2 Å². The molecule has 0 spiro atoms. The summed E-state index contributed by atoms with van der Waals surface area (Å²) in [6.45, 7) is -0.00372. The summed E-state index contributed by atoms with van der Waals surface area (Å²) in [5.74, 6) is 0. The van der Waals surface area contributed by atoms with E-state index >= 15 is 0 Å². The van der Waals surface area contributed by atoms with Crippen molar-refractivity contribution in [2.75, 3.05) is 6.61 Å². The molecule has 0 saturated heterocycles. The predicted molar refractivity (Wildman–Crippen MR) is 46.9 cm³/mol. The Hall–Kier alpha value is -1.03. The second kappa shape index (κ2) is 4.46. The van der Waals surface area contributed by atoms with E-state index in [1.165, 1.54) is 6.07 Å². The van der Waals surface area contributed by atoms with Crippen LogP contribution in [0, 0.1) is 0 Å². The molecule has 0 amide bonds. The molecule has 1 N–H and O–H groups in total. The molecule has 0 aliphatic rings. The molecule has 0 atom stereocenters. The van der Waals surface area contributed by atoms with E-state index in [1.54, 1.807) is 6.07 Å². The van der Waals surface area contributed by atoms with E-state index in [1.807, 2.05) is 0 Å². The van der Waals surface area contributed by atoms with Crippen molar-refractivity contribution < 1.29 is 18.3 Å². The highest BCUT2D eigenvalue weighted by Gasteiger charge is 2.30. The molecule has 0 aromatic heterocycles. The molecule has 0 bridgehead atoms. The summed E-state index contributed by atoms with van der Waals surface area (Å²) in [5, 5.41) is 8.53. The van der Waals surface area contributed by atoms with Gasteiger partial charge in [0.1, 0.15) is 0 Å². The zero-order valence-corrected chi connectivity index (χ0v) is 7.51. The average Bonchev–Trinajstić information content (AvgIpc) is 2.14. The molecule has 14 heavy (non-hydrogen) atoms. The molecule has 0 aliphatic carbocycles. The summed E-state index contributed by atoms with van der Waals surface area (Å²) < 4.78 is 36.7. The number of halogens is 3. The Balaban J connectivity index is 2.79. The lowest BCUT2D eigenvalue weighted by Crippen LogP contribution is -2.05. The van der Waals surface area contributed by atoms with E-state index in [4.69, 9.17) is 5.11 Å². The molecule has 0 aliphatic heterocycles. The Kier molecular flexibility index (Phi) is 3.52. The number of hydrogen-bond donors (Lipinski definition) is 1. The highest BCUT2D eigenvalue weighted by Crippen LogP contribution is 2.29. The molecule has 1 nitrogen and oxygen atoms in total. The Bertz CT molecular complexity index is 294. The van der Waals surface area contributed by atoms with Crippen LogP contribution in [0.3, 0.4) is 0 Å². The standard InChI is InChI=1S/C10H11F3O/c11-10(12,13)9-5-1-3-8(7-9)4-2-6-14/h1,3,5,7,14H,2,4,6H2. The third-order valence-electron chi connectivity index (χ3n) is 1.88. The highest BCUT2D eigenvalue weighted by molar-refractivity contribution is 5.25. The Morgan fingerprint density at radius 1 is 1.21 bits per heavy atom. The minimum absolute atomic E-state index is 0.00372. The third-order valence-corrected chi connectivity index (χ3v) is 1.88. The van der Waals surface area contributed by atoms with Crippen LogP contribution in [-0.2, 0) is 12.6 Å². The first-order valence-corrected chi connectivity index (χ1v) is 4.31. The fourth-order valence-corrected chi connectivity index (χ4v) is 1.19. The van der Waals surface area contributed by atoms with Gasteiger partial charge in [0.15, 0.2) is 0 Å². The van der Waals surface area contributed by atoms with Crippen molar-refractivity contribution in [1.29, 1.82) is 0 Å². The number of alkyl halides is 3. The fraction of sp³-hybridized carbons (Fsp3) is 0.400. The van der Waals surface area contributed by atoms with Crippen LogP contribution in [-0.4, -0.2) is 11.7 Å². The van der Waals surface area contributed by atoms with Crippen LogP contribution in [0.2, 0.25) is 0 Å². The first-order valence-electron chi connectivity index (χ1n) is 4.31. The fourth-order valence-electron chi connectivity index (χ4n) is 1.19. The number of benzene rings is 1. The van der Waals surface area contributed by atoms with Crippen molar-refractivity contribution in [2.24, 2.45) is 0 Å². The summed E-state index contributed by atoms with van der Waals surface area (Å²) in [6, 6.07) is 5.18. The first kappa shape index (κ1) is 11.0. The van der Waals surface area contributed by atoms with Crippen LogP contribution in [0.15, 0.2) is 24.3 Å². The van der Waals surface area contributed by atoms with Gasteiger partial charge in [-0.05, 0) is 24.5 Å². The largest absolute Gasteiger partial charge is 0.416 e. The molecule has 78 valence electrons. The van der Waals surface area contributed by atoms with Gasteiger partial charge in [-0.3, -0.25) is 0 Å². The van der Waals surface area contributed by atoms with E-state index < -0.39 is 11.7 Å². The third kappa shape index (κ3) is 3.03. The lowest BCUT2D eigenvalue weighted by Gasteiger charge is -2.07. The normalized spacial score (nSPS) is 11.7. The SMILES string of the molecule is OCCCc1cccc(C(F)(F)F)c1. The van der Waals surface area contributed by atoms with Gasteiger partial charge in [0.25, 0.3) is 0 Å². The predicted octanol–water partition coefficient (Wildman–Crippen LogP) is 2.63. The van der Waals surface area contributed by atoms with Crippen LogP contribution >= 0.6 is 0 Å². The van der Waals surface area contributed by atoms with Gasteiger partial charge in [0.2, 0.25) is 0 Å². The number of rotatable bonds is 3. The Morgan fingerprint density at radius 2 is 1.93 bits per heavy atom. The van der Waals surface area contributed by atoms with Gasteiger partial charge in [0.05, 0.1) is 5.56 Å². The van der Waals surface area contributed by atoms with Crippen molar-refractivity contribution >= 4 is 0 Å².